The van der Waals surface area contributed by atoms with E-state index in [-0.39, 0.29) is 52.7 Å². The predicted molar refractivity (Wildman–Crippen MR) is 212 cm³/mol. The molecule has 60 heavy (non-hydrogen) atoms. The highest BCUT2D eigenvalue weighted by Crippen LogP contribution is 2.59. The minimum Gasteiger partial charge on any atom is -0.355 e. The van der Waals surface area contributed by atoms with Crippen molar-refractivity contribution in [3.05, 3.63) is 111 Å². The Morgan fingerprint density at radius 2 is 1.75 bits per heavy atom. The number of carbonyl (C=O) groups excluding carboxylic acids is 4. The number of aromatic nitrogens is 2. The molecule has 1 saturated carbocycles. The summed E-state index contributed by atoms with van der Waals surface area (Å²) in [6, 6.07) is 13.3. The zero-order valence-corrected chi connectivity index (χ0v) is 33.2. The van der Waals surface area contributed by atoms with E-state index in [0.717, 1.165) is 36.1 Å². The standard InChI is InChI=1S/C42H41F2N6O9P/c1-23-2-9-34-31(16-23)36(47-59-34)40(55)48-15-11-30-7-8-33(39(54)49-21-28(20-41(49)12-13-41)25-10-14-45-35(51)19-25)50(30)38(53)32(22-48)46-37(52)26-4-3-24-5-6-29(18-27(24)17-26)42(43,44)60(56,57)58/h2-6,9-10,14,16-19,28,30,32-33H,7-8,11-13,15,20-22H2,1H3,(H,45,51)(H,46,52)(H2,56,57,58)/t28-,30+,32-,33-/m0/s1. The fourth-order valence-electron chi connectivity index (χ4n) is 9.36. The average molecular weight is 843 g/mol. The number of hydrogen-bond acceptors (Lipinski definition) is 8. The first-order valence-corrected chi connectivity index (χ1v) is 21.4. The molecule has 2 aromatic heterocycles. The number of aromatic amines is 1. The second-order valence-corrected chi connectivity index (χ2v) is 18.2. The average Bonchev–Trinajstić information content (AvgIpc) is 3.50. The number of pyridine rings is 1. The van der Waals surface area contributed by atoms with Crippen molar-refractivity contribution in [1.29, 1.82) is 0 Å². The zero-order chi connectivity index (χ0) is 42.3. The van der Waals surface area contributed by atoms with E-state index in [4.69, 9.17) is 4.52 Å². The first-order chi connectivity index (χ1) is 28.5. The quantitative estimate of drug-likeness (QED) is 0.165. The van der Waals surface area contributed by atoms with Gasteiger partial charge in [0.25, 0.3) is 11.8 Å². The van der Waals surface area contributed by atoms with Gasteiger partial charge in [0, 0.05) is 54.0 Å². The van der Waals surface area contributed by atoms with E-state index in [2.05, 4.69) is 15.5 Å². The van der Waals surface area contributed by atoms with Gasteiger partial charge in [-0.3, -0.25) is 28.5 Å². The van der Waals surface area contributed by atoms with Crippen molar-refractivity contribution in [2.75, 3.05) is 19.6 Å². The second-order valence-electron chi connectivity index (χ2n) is 16.5. The third-order valence-electron chi connectivity index (χ3n) is 12.7. The number of hydrogen-bond donors (Lipinski definition) is 4. The van der Waals surface area contributed by atoms with Crippen LogP contribution in [0.15, 0.2) is 82.2 Å². The molecule has 312 valence electrons. The lowest BCUT2D eigenvalue weighted by atomic mass is 9.96. The Bertz CT molecular complexity index is 2710. The number of benzene rings is 3. The van der Waals surface area contributed by atoms with E-state index in [0.29, 0.717) is 48.6 Å². The van der Waals surface area contributed by atoms with E-state index < -0.39 is 54.7 Å². The maximum Gasteiger partial charge on any atom is 0.399 e. The summed E-state index contributed by atoms with van der Waals surface area (Å²) in [5.74, 6) is -2.12. The lowest BCUT2D eigenvalue weighted by Gasteiger charge is -2.40. The number of nitrogens with zero attached hydrogens (tertiary/aromatic N) is 4. The SMILES string of the molecule is Cc1ccc2onc(C(=O)N3CC[C@H]4CC[C@@H](C(=O)N5C[C@@H](c6cc[nH]c(=O)c6)CC56CC6)N4C(=O)[C@@H](NC(=O)c4ccc5ccc(C(F)(F)P(=O)(O)O)cc5c4)C3)c2c1. The molecule has 15 nitrogen and oxygen atoms in total. The molecule has 4 amide bonds. The van der Waals surface area contributed by atoms with Gasteiger partial charge in [0.1, 0.15) is 12.1 Å². The third kappa shape index (κ3) is 6.87. The van der Waals surface area contributed by atoms with Crippen molar-refractivity contribution in [3.8, 4) is 0 Å². The summed E-state index contributed by atoms with van der Waals surface area (Å²) in [6.07, 6.45) is 5.09. The molecule has 4 aliphatic rings. The lowest BCUT2D eigenvalue weighted by Crippen LogP contribution is -2.61. The second kappa shape index (κ2) is 14.5. The minimum atomic E-state index is -5.88. The highest BCUT2D eigenvalue weighted by Gasteiger charge is 2.59. The van der Waals surface area contributed by atoms with E-state index in [9.17, 15) is 47.1 Å². The molecular formula is C42H41F2N6O9P. The van der Waals surface area contributed by atoms with Crippen molar-refractivity contribution < 1.29 is 46.8 Å². The van der Waals surface area contributed by atoms with Crippen LogP contribution in [0.3, 0.4) is 0 Å². The molecule has 1 spiro atoms. The van der Waals surface area contributed by atoms with Gasteiger partial charge in [-0.05, 0) is 98.2 Å². The van der Waals surface area contributed by atoms with Crippen molar-refractivity contribution in [2.24, 2.45) is 0 Å². The number of H-pyrrole nitrogens is 1. The van der Waals surface area contributed by atoms with E-state index in [1.807, 2.05) is 24.0 Å². The number of likely N-dealkylation sites (tertiary alicyclic amines) is 1. The van der Waals surface area contributed by atoms with Crippen LogP contribution < -0.4 is 10.9 Å². The first-order valence-electron chi connectivity index (χ1n) is 19.8. The predicted octanol–water partition coefficient (Wildman–Crippen LogP) is 4.76. The summed E-state index contributed by atoms with van der Waals surface area (Å²) < 4.78 is 46.4. The molecular weight excluding hydrogens is 801 g/mol. The van der Waals surface area contributed by atoms with E-state index in [1.54, 1.807) is 29.3 Å². The van der Waals surface area contributed by atoms with Crippen molar-refractivity contribution in [1.82, 2.24) is 30.2 Å². The highest BCUT2D eigenvalue weighted by atomic mass is 31.2. The summed E-state index contributed by atoms with van der Waals surface area (Å²) in [7, 11) is -5.88. The molecule has 4 N–H and O–H groups in total. The van der Waals surface area contributed by atoms with Crippen LogP contribution in [0.1, 0.15) is 82.0 Å². The minimum absolute atomic E-state index is 0.0410. The molecule has 3 aromatic carbocycles. The number of amides is 4. The van der Waals surface area contributed by atoms with Crippen molar-refractivity contribution >= 4 is 53.0 Å². The van der Waals surface area contributed by atoms with Gasteiger partial charge in [-0.1, -0.05) is 35.0 Å². The number of alkyl halides is 2. The van der Waals surface area contributed by atoms with Gasteiger partial charge in [-0.2, -0.15) is 8.78 Å². The molecule has 5 aromatic rings. The summed E-state index contributed by atoms with van der Waals surface area (Å²) in [6.45, 7) is 2.12. The van der Waals surface area contributed by atoms with Gasteiger partial charge in [-0.25, -0.2) is 0 Å². The van der Waals surface area contributed by atoms with Gasteiger partial charge < -0.3 is 39.3 Å². The Hall–Kier alpha value is -5.77. The molecule has 4 fully saturated rings. The van der Waals surface area contributed by atoms with Crippen LogP contribution in [0.2, 0.25) is 0 Å². The third-order valence-corrected chi connectivity index (χ3v) is 13.7. The van der Waals surface area contributed by atoms with E-state index in [1.165, 1.54) is 29.2 Å². The number of halogens is 2. The molecule has 3 saturated heterocycles. The Kier molecular flexibility index (Phi) is 9.56. The number of carbonyl (C=O) groups is 4. The molecule has 0 bridgehead atoms. The van der Waals surface area contributed by atoms with Crippen LogP contribution in [0.25, 0.3) is 21.7 Å². The zero-order valence-electron chi connectivity index (χ0n) is 32.3. The highest BCUT2D eigenvalue weighted by molar-refractivity contribution is 7.52. The van der Waals surface area contributed by atoms with Crippen LogP contribution in [0.5, 0.6) is 0 Å². The van der Waals surface area contributed by atoms with Gasteiger partial charge >= 0.3 is 13.3 Å². The molecule has 0 radical (unpaired) electrons. The molecule has 1 aliphatic carbocycles. The molecule has 9 rings (SSSR count). The monoisotopic (exact) mass is 842 g/mol. The van der Waals surface area contributed by atoms with Gasteiger partial charge in [0.2, 0.25) is 17.4 Å². The Morgan fingerprint density at radius 3 is 2.50 bits per heavy atom. The summed E-state index contributed by atoms with van der Waals surface area (Å²) >= 11 is 0. The Labute approximate surface area is 340 Å². The van der Waals surface area contributed by atoms with Crippen LogP contribution in [-0.2, 0) is 19.8 Å². The number of fused-ring (bicyclic) bond motifs is 3. The molecule has 0 unspecified atom stereocenters. The number of aryl methyl sites for hydroxylation is 1. The topological polar surface area (TPSA) is 206 Å². The van der Waals surface area contributed by atoms with Gasteiger partial charge in [0.05, 0.1) is 11.9 Å². The van der Waals surface area contributed by atoms with Crippen molar-refractivity contribution in [2.45, 2.75) is 80.7 Å². The van der Waals surface area contributed by atoms with Crippen LogP contribution in [0.4, 0.5) is 8.78 Å². The summed E-state index contributed by atoms with van der Waals surface area (Å²) in [5.41, 5.74) is -3.91. The Morgan fingerprint density at radius 1 is 0.967 bits per heavy atom. The maximum atomic E-state index is 14.9. The fourth-order valence-corrected chi connectivity index (χ4v) is 9.83. The first kappa shape index (κ1) is 39.7. The Balaban J connectivity index is 1.03. The number of nitrogens with one attached hydrogen (secondary N) is 2. The fraction of sp³-hybridized carbons (Fsp3) is 0.381. The van der Waals surface area contributed by atoms with Crippen LogP contribution in [0, 0.1) is 6.92 Å². The van der Waals surface area contributed by atoms with E-state index >= 15 is 0 Å². The molecule has 3 aliphatic heterocycles. The lowest BCUT2D eigenvalue weighted by molar-refractivity contribution is -0.148. The molecule has 18 heteroatoms. The molecule has 5 heterocycles. The van der Waals surface area contributed by atoms with Gasteiger partial charge in [-0.15, -0.1) is 0 Å². The summed E-state index contributed by atoms with van der Waals surface area (Å²) in [4.78, 5) is 96.2. The number of rotatable bonds is 7. The van der Waals surface area contributed by atoms with Crippen LogP contribution >= 0.6 is 7.60 Å². The van der Waals surface area contributed by atoms with Crippen LogP contribution in [-0.4, -0.2) is 102 Å². The largest absolute Gasteiger partial charge is 0.399 e. The van der Waals surface area contributed by atoms with Gasteiger partial charge in [0.15, 0.2) is 11.3 Å². The smallest absolute Gasteiger partial charge is 0.355 e. The normalized spacial score (nSPS) is 22.9. The summed E-state index contributed by atoms with van der Waals surface area (Å²) in [5, 5.41) is 7.81. The molecule has 4 atom stereocenters. The maximum absolute atomic E-state index is 14.9. The van der Waals surface area contributed by atoms with Crippen molar-refractivity contribution in [3.63, 3.8) is 0 Å².